The van der Waals surface area contributed by atoms with Gasteiger partial charge in [-0.15, -0.1) is 11.6 Å². The zero-order valence-corrected chi connectivity index (χ0v) is 11.0. The summed E-state index contributed by atoms with van der Waals surface area (Å²) in [4.78, 5) is 0. The maximum Gasteiger partial charge on any atom is 0.214 e. The molecule has 1 fully saturated rings. The van der Waals surface area contributed by atoms with Gasteiger partial charge in [0.25, 0.3) is 0 Å². The summed E-state index contributed by atoms with van der Waals surface area (Å²) in [6.07, 6.45) is 4.01. The quantitative estimate of drug-likeness (QED) is 0.674. The largest absolute Gasteiger partial charge is 0.396 e. The summed E-state index contributed by atoms with van der Waals surface area (Å²) < 4.78 is 25.6. The van der Waals surface area contributed by atoms with Crippen LogP contribution in [0.15, 0.2) is 0 Å². The monoisotopic (exact) mass is 269 g/mol. The first-order valence-electron chi connectivity index (χ1n) is 5.78. The highest BCUT2D eigenvalue weighted by Crippen LogP contribution is 2.27. The summed E-state index contributed by atoms with van der Waals surface area (Å²) in [5.41, 5.74) is 0. The number of aliphatic hydroxyl groups excluding tert-OH is 1. The van der Waals surface area contributed by atoms with E-state index in [0.29, 0.717) is 25.3 Å². The molecule has 0 aromatic rings. The molecular weight excluding hydrogens is 250 g/mol. The molecule has 4 nitrogen and oxygen atoms in total. The fourth-order valence-electron chi connectivity index (χ4n) is 1.80. The van der Waals surface area contributed by atoms with Crippen molar-refractivity contribution in [2.24, 2.45) is 0 Å². The Labute approximate surface area is 103 Å². The van der Waals surface area contributed by atoms with Crippen LogP contribution in [-0.2, 0) is 10.0 Å². The summed E-state index contributed by atoms with van der Waals surface area (Å²) >= 11 is 5.52. The third-order valence-corrected chi connectivity index (χ3v) is 5.18. The van der Waals surface area contributed by atoms with Crippen LogP contribution in [0.3, 0.4) is 0 Å². The number of nitrogens with zero attached hydrogens (tertiary/aromatic N) is 1. The van der Waals surface area contributed by atoms with Crippen molar-refractivity contribution in [2.45, 2.75) is 38.1 Å². The molecule has 1 N–H and O–H groups in total. The zero-order chi connectivity index (χ0) is 12.0. The van der Waals surface area contributed by atoms with Crippen LogP contribution in [0.2, 0.25) is 0 Å². The highest BCUT2D eigenvalue weighted by Gasteiger charge is 2.32. The third kappa shape index (κ3) is 3.87. The van der Waals surface area contributed by atoms with E-state index in [9.17, 15) is 8.42 Å². The molecule has 0 aromatic carbocycles. The maximum atomic E-state index is 12.0. The van der Waals surface area contributed by atoms with Crippen LogP contribution in [0.25, 0.3) is 0 Å². The lowest BCUT2D eigenvalue weighted by Gasteiger charge is -2.36. The average Bonchev–Trinajstić information content (AvgIpc) is 2.18. The molecule has 1 aliphatic carbocycles. The lowest BCUT2D eigenvalue weighted by Crippen LogP contribution is -2.45. The minimum Gasteiger partial charge on any atom is -0.396 e. The third-order valence-electron chi connectivity index (χ3n) is 2.91. The first-order valence-corrected chi connectivity index (χ1v) is 7.92. The second kappa shape index (κ2) is 6.79. The van der Waals surface area contributed by atoms with Crippen molar-refractivity contribution < 1.29 is 13.5 Å². The Kier molecular flexibility index (Phi) is 6.03. The fourth-order valence-corrected chi connectivity index (χ4v) is 3.91. The van der Waals surface area contributed by atoms with Gasteiger partial charge in [0.15, 0.2) is 0 Å². The number of hydrogen-bond acceptors (Lipinski definition) is 3. The van der Waals surface area contributed by atoms with E-state index in [2.05, 4.69) is 0 Å². The molecule has 0 amide bonds. The van der Waals surface area contributed by atoms with E-state index in [1.807, 2.05) is 0 Å². The van der Waals surface area contributed by atoms with Gasteiger partial charge < -0.3 is 5.11 Å². The van der Waals surface area contributed by atoms with Gasteiger partial charge in [-0.05, 0) is 25.7 Å². The van der Waals surface area contributed by atoms with Crippen molar-refractivity contribution in [1.29, 1.82) is 0 Å². The van der Waals surface area contributed by atoms with Gasteiger partial charge in [0, 0.05) is 25.1 Å². The maximum absolute atomic E-state index is 12.0. The molecule has 1 saturated carbocycles. The van der Waals surface area contributed by atoms with E-state index in [4.69, 9.17) is 16.7 Å². The normalized spacial score (nSPS) is 17.7. The predicted octanol–water partition coefficient (Wildman–Crippen LogP) is 1.18. The molecule has 0 spiro atoms. The van der Waals surface area contributed by atoms with Crippen LogP contribution < -0.4 is 0 Å². The average molecular weight is 270 g/mol. The van der Waals surface area contributed by atoms with Gasteiger partial charge in [-0.25, -0.2) is 8.42 Å². The van der Waals surface area contributed by atoms with Crippen molar-refractivity contribution in [1.82, 2.24) is 4.31 Å². The second-order valence-electron chi connectivity index (χ2n) is 4.13. The highest BCUT2D eigenvalue weighted by molar-refractivity contribution is 7.89. The van der Waals surface area contributed by atoms with Crippen LogP contribution >= 0.6 is 11.6 Å². The van der Waals surface area contributed by atoms with E-state index < -0.39 is 10.0 Å². The van der Waals surface area contributed by atoms with Gasteiger partial charge in [0.1, 0.15) is 0 Å². The van der Waals surface area contributed by atoms with Crippen molar-refractivity contribution in [3.8, 4) is 0 Å². The van der Waals surface area contributed by atoms with E-state index in [0.717, 1.165) is 19.3 Å². The number of hydrogen-bond donors (Lipinski definition) is 1. The molecule has 6 heteroatoms. The Bertz CT molecular complexity index is 290. The van der Waals surface area contributed by atoms with Crippen LogP contribution in [0.4, 0.5) is 0 Å². The van der Waals surface area contributed by atoms with Crippen molar-refractivity contribution >= 4 is 21.6 Å². The Morgan fingerprint density at radius 1 is 1.31 bits per heavy atom. The Hall–Kier alpha value is 0.160. The standard InChI is InChI=1S/C10H20ClNO3S/c11-6-2-9-16(14,15)12(7-3-8-13)10-4-1-5-10/h10,13H,1-9H2. The van der Waals surface area contributed by atoms with Crippen molar-refractivity contribution in [3.63, 3.8) is 0 Å². The van der Waals surface area contributed by atoms with Gasteiger partial charge in [-0.1, -0.05) is 6.42 Å². The lowest BCUT2D eigenvalue weighted by atomic mass is 9.93. The van der Waals surface area contributed by atoms with Gasteiger partial charge in [0.2, 0.25) is 10.0 Å². The van der Waals surface area contributed by atoms with Gasteiger partial charge in [-0.3, -0.25) is 0 Å². The van der Waals surface area contributed by atoms with Crippen molar-refractivity contribution in [3.05, 3.63) is 0 Å². The number of aliphatic hydroxyl groups is 1. The van der Waals surface area contributed by atoms with Gasteiger partial charge in [-0.2, -0.15) is 4.31 Å². The van der Waals surface area contributed by atoms with Crippen LogP contribution in [0.1, 0.15) is 32.1 Å². The molecule has 1 rings (SSSR count). The molecule has 96 valence electrons. The molecule has 1 aliphatic rings. The molecule has 0 radical (unpaired) electrons. The van der Waals surface area contributed by atoms with Gasteiger partial charge in [0.05, 0.1) is 5.75 Å². The second-order valence-corrected chi connectivity index (χ2v) is 6.55. The van der Waals surface area contributed by atoms with E-state index in [1.54, 1.807) is 4.31 Å². The predicted molar refractivity (Wildman–Crippen MR) is 65.2 cm³/mol. The molecule has 0 atom stereocenters. The van der Waals surface area contributed by atoms with E-state index in [1.165, 1.54) is 0 Å². The molecule has 0 bridgehead atoms. The zero-order valence-electron chi connectivity index (χ0n) is 9.44. The Balaban J connectivity index is 2.58. The molecular formula is C10H20ClNO3S. The van der Waals surface area contributed by atoms with Crippen LogP contribution in [0, 0.1) is 0 Å². The Morgan fingerprint density at radius 3 is 2.44 bits per heavy atom. The van der Waals surface area contributed by atoms with E-state index >= 15 is 0 Å². The molecule has 0 aromatic heterocycles. The first-order chi connectivity index (χ1) is 7.61. The summed E-state index contributed by atoms with van der Waals surface area (Å²) in [5, 5.41) is 8.79. The Morgan fingerprint density at radius 2 is 2.00 bits per heavy atom. The summed E-state index contributed by atoms with van der Waals surface area (Å²) in [7, 11) is -3.18. The first kappa shape index (κ1) is 14.2. The lowest BCUT2D eigenvalue weighted by molar-refractivity contribution is 0.198. The number of alkyl halides is 1. The van der Waals surface area contributed by atoms with Gasteiger partial charge >= 0.3 is 0 Å². The number of sulfonamides is 1. The molecule has 0 unspecified atom stereocenters. The van der Waals surface area contributed by atoms with Crippen LogP contribution in [0.5, 0.6) is 0 Å². The van der Waals surface area contributed by atoms with E-state index in [-0.39, 0.29) is 18.4 Å². The van der Waals surface area contributed by atoms with Crippen LogP contribution in [-0.4, -0.2) is 48.7 Å². The number of rotatable bonds is 8. The summed E-state index contributed by atoms with van der Waals surface area (Å²) in [6, 6.07) is 0.159. The molecule has 0 saturated heterocycles. The fraction of sp³-hybridized carbons (Fsp3) is 1.00. The summed E-state index contributed by atoms with van der Waals surface area (Å²) in [5.74, 6) is 0.496. The topological polar surface area (TPSA) is 57.6 Å². The molecule has 0 aliphatic heterocycles. The molecule has 16 heavy (non-hydrogen) atoms. The van der Waals surface area contributed by atoms with Crippen molar-refractivity contribution in [2.75, 3.05) is 24.8 Å². The minimum atomic E-state index is -3.18. The number of halogens is 1. The highest BCUT2D eigenvalue weighted by atomic mass is 35.5. The smallest absolute Gasteiger partial charge is 0.214 e. The summed E-state index contributed by atoms with van der Waals surface area (Å²) in [6.45, 7) is 0.472. The SMILES string of the molecule is O=S(=O)(CCCCl)N(CCCO)C1CCC1. The minimum absolute atomic E-state index is 0.0360. The molecule has 0 heterocycles.